The van der Waals surface area contributed by atoms with E-state index in [4.69, 9.17) is 10.6 Å². The number of rotatable bonds is 2. The van der Waals surface area contributed by atoms with Gasteiger partial charge in [0.25, 0.3) is 0 Å². The van der Waals surface area contributed by atoms with Gasteiger partial charge in [-0.2, -0.15) is 0 Å². The molecule has 5 heteroatoms. The normalized spacial score (nSPS) is 8.67. The third kappa shape index (κ3) is 1.53. The smallest absolute Gasteiger partial charge is 0.153 e. The Hall–Kier alpha value is -2.00. The first-order chi connectivity index (χ1) is 5.77. The van der Waals surface area contributed by atoms with E-state index in [0.29, 0.717) is 6.29 Å². The van der Waals surface area contributed by atoms with Crippen molar-refractivity contribution in [2.45, 2.75) is 0 Å². The van der Waals surface area contributed by atoms with E-state index in [0.717, 1.165) is 0 Å². The molecule has 0 bridgehead atoms. The highest BCUT2D eigenvalue weighted by Crippen LogP contribution is 2.22. The topological polar surface area (TPSA) is 86.1 Å². The van der Waals surface area contributed by atoms with Gasteiger partial charge in [-0.15, -0.1) is 0 Å². The lowest BCUT2D eigenvalue weighted by Crippen LogP contribution is -1.78. The molecule has 5 nitrogen and oxygen atoms in total. The van der Waals surface area contributed by atoms with Crippen LogP contribution >= 0.6 is 0 Å². The van der Waals surface area contributed by atoms with Crippen LogP contribution in [0, 0.1) is 0 Å². The van der Waals surface area contributed by atoms with Crippen LogP contribution in [0.3, 0.4) is 0 Å². The van der Waals surface area contributed by atoms with E-state index in [1.165, 1.54) is 18.2 Å². The van der Waals surface area contributed by atoms with Crippen molar-refractivity contribution >= 4 is 12.0 Å². The molecule has 0 fully saturated rings. The van der Waals surface area contributed by atoms with E-state index >= 15 is 0 Å². The minimum atomic E-state index is -0.185. The van der Waals surface area contributed by atoms with Gasteiger partial charge in [-0.05, 0) is 17.7 Å². The predicted molar refractivity (Wildman–Crippen MR) is 42.3 cm³/mol. The van der Waals surface area contributed by atoms with Crippen molar-refractivity contribution in [1.82, 2.24) is 0 Å². The van der Waals surface area contributed by atoms with Gasteiger partial charge in [0.1, 0.15) is 5.75 Å². The maximum atomic E-state index is 10.2. The largest absolute Gasteiger partial charge is 0.507 e. The monoisotopic (exact) mass is 163 g/mol. The van der Waals surface area contributed by atoms with Gasteiger partial charge in [0, 0.05) is 10.6 Å². The molecule has 0 unspecified atom stereocenters. The van der Waals surface area contributed by atoms with Gasteiger partial charge < -0.3 is 5.11 Å². The number of carbonyl (C=O) groups excluding carboxylic acids is 1. The van der Waals surface area contributed by atoms with Crippen LogP contribution in [-0.4, -0.2) is 11.4 Å². The molecule has 0 amide bonds. The molecular weight excluding hydrogens is 158 g/mol. The van der Waals surface area contributed by atoms with Crippen molar-refractivity contribution in [3.05, 3.63) is 34.2 Å². The fourth-order valence-electron chi connectivity index (χ4n) is 0.746. The van der Waals surface area contributed by atoms with Crippen LogP contribution in [0.2, 0.25) is 0 Å². The molecule has 0 radical (unpaired) electrons. The molecule has 0 atom stereocenters. The first kappa shape index (κ1) is 8.10. The molecule has 1 aromatic rings. The standard InChI is InChI=1S/C7H5N3O2/c8-10-9-6-2-1-5(4-11)7(12)3-6/h1-4,12H. The third-order valence-electron chi connectivity index (χ3n) is 1.30. The van der Waals surface area contributed by atoms with E-state index in [2.05, 4.69) is 10.0 Å². The molecular formula is C7H5N3O2. The van der Waals surface area contributed by atoms with E-state index in [1.807, 2.05) is 0 Å². The fraction of sp³-hybridized carbons (Fsp3) is 0. The lowest BCUT2D eigenvalue weighted by molar-refractivity contribution is 0.112. The fourth-order valence-corrected chi connectivity index (χ4v) is 0.746. The van der Waals surface area contributed by atoms with Crippen LogP contribution < -0.4 is 0 Å². The summed E-state index contributed by atoms with van der Waals surface area (Å²) in [5.74, 6) is -0.185. The molecule has 0 heterocycles. The van der Waals surface area contributed by atoms with Gasteiger partial charge in [-0.25, -0.2) is 0 Å². The van der Waals surface area contributed by atoms with E-state index in [1.54, 1.807) is 0 Å². The summed E-state index contributed by atoms with van der Waals surface area (Å²) in [5, 5.41) is 12.4. The molecule has 1 aromatic carbocycles. The van der Waals surface area contributed by atoms with Crippen LogP contribution in [0.5, 0.6) is 5.75 Å². The zero-order chi connectivity index (χ0) is 8.97. The summed E-state index contributed by atoms with van der Waals surface area (Å²) in [7, 11) is 0. The quantitative estimate of drug-likeness (QED) is 0.313. The SMILES string of the molecule is [N-]=[N+]=Nc1ccc(C=O)c(O)c1. The number of azide groups is 1. The highest BCUT2D eigenvalue weighted by Gasteiger charge is 1.98. The van der Waals surface area contributed by atoms with Crippen molar-refractivity contribution in [1.29, 1.82) is 0 Å². The molecule has 0 aliphatic rings. The summed E-state index contributed by atoms with van der Waals surface area (Å²) in [6.45, 7) is 0. The highest BCUT2D eigenvalue weighted by atomic mass is 16.3. The minimum Gasteiger partial charge on any atom is -0.507 e. The van der Waals surface area contributed by atoms with Crippen LogP contribution in [0.4, 0.5) is 5.69 Å². The van der Waals surface area contributed by atoms with Gasteiger partial charge in [-0.3, -0.25) is 4.79 Å². The molecule has 0 aliphatic heterocycles. The van der Waals surface area contributed by atoms with Gasteiger partial charge in [0.2, 0.25) is 0 Å². The number of nitrogens with zero attached hydrogens (tertiary/aromatic N) is 3. The number of hydrogen-bond donors (Lipinski definition) is 1. The second-order valence-corrected chi connectivity index (χ2v) is 2.05. The number of carbonyl (C=O) groups is 1. The maximum absolute atomic E-state index is 10.2. The van der Waals surface area contributed by atoms with Gasteiger partial charge in [-0.1, -0.05) is 11.2 Å². The van der Waals surface area contributed by atoms with Gasteiger partial charge in [0.05, 0.1) is 5.56 Å². The van der Waals surface area contributed by atoms with Crippen molar-refractivity contribution in [2.24, 2.45) is 5.11 Å². The number of hydrogen-bond acceptors (Lipinski definition) is 3. The second-order valence-electron chi connectivity index (χ2n) is 2.05. The molecule has 0 saturated heterocycles. The molecule has 0 aliphatic carbocycles. The van der Waals surface area contributed by atoms with Crippen molar-refractivity contribution < 1.29 is 9.90 Å². The zero-order valence-corrected chi connectivity index (χ0v) is 6.01. The van der Waals surface area contributed by atoms with Gasteiger partial charge in [0.15, 0.2) is 6.29 Å². The number of phenols is 1. The Morgan fingerprint density at radius 2 is 2.33 bits per heavy atom. The lowest BCUT2D eigenvalue weighted by Gasteiger charge is -1.96. The summed E-state index contributed by atoms with van der Waals surface area (Å²) in [6, 6.07) is 4.05. The Kier molecular flexibility index (Phi) is 2.30. The van der Waals surface area contributed by atoms with Crippen molar-refractivity contribution in [3.8, 4) is 5.75 Å². The summed E-state index contributed by atoms with van der Waals surface area (Å²) >= 11 is 0. The third-order valence-corrected chi connectivity index (χ3v) is 1.30. The van der Waals surface area contributed by atoms with Crippen LogP contribution in [0.25, 0.3) is 10.4 Å². The lowest BCUT2D eigenvalue weighted by atomic mass is 10.2. The molecule has 0 saturated carbocycles. The van der Waals surface area contributed by atoms with E-state index in [9.17, 15) is 4.79 Å². The van der Waals surface area contributed by atoms with Crippen molar-refractivity contribution in [3.63, 3.8) is 0 Å². The highest BCUT2D eigenvalue weighted by molar-refractivity contribution is 5.80. The number of aldehydes is 1. The molecule has 0 spiro atoms. The zero-order valence-electron chi connectivity index (χ0n) is 6.01. The Labute approximate surface area is 67.9 Å². The van der Waals surface area contributed by atoms with E-state index < -0.39 is 0 Å². The molecule has 1 rings (SSSR count). The molecule has 12 heavy (non-hydrogen) atoms. The van der Waals surface area contributed by atoms with Gasteiger partial charge >= 0.3 is 0 Å². The Balaban J connectivity index is 3.17. The summed E-state index contributed by atoms with van der Waals surface area (Å²) in [5.41, 5.74) is 8.50. The average Bonchev–Trinajstić information content (AvgIpc) is 2.05. The molecule has 1 N–H and O–H groups in total. The van der Waals surface area contributed by atoms with Crippen LogP contribution in [-0.2, 0) is 0 Å². The molecule has 0 aromatic heterocycles. The Morgan fingerprint density at radius 3 is 2.83 bits per heavy atom. The van der Waals surface area contributed by atoms with Crippen LogP contribution in [0.15, 0.2) is 23.3 Å². The number of aromatic hydroxyl groups is 1. The maximum Gasteiger partial charge on any atom is 0.153 e. The second kappa shape index (κ2) is 3.41. The average molecular weight is 163 g/mol. The van der Waals surface area contributed by atoms with E-state index in [-0.39, 0.29) is 17.0 Å². The van der Waals surface area contributed by atoms with Crippen LogP contribution in [0.1, 0.15) is 10.4 Å². The summed E-state index contributed by atoms with van der Waals surface area (Å²) in [4.78, 5) is 12.8. The summed E-state index contributed by atoms with van der Waals surface area (Å²) < 4.78 is 0. The number of benzene rings is 1. The first-order valence-corrected chi connectivity index (χ1v) is 3.11. The predicted octanol–water partition coefficient (Wildman–Crippen LogP) is 2.15. The first-order valence-electron chi connectivity index (χ1n) is 3.11. The summed E-state index contributed by atoms with van der Waals surface area (Å²) in [6.07, 6.45) is 0.523. The van der Waals surface area contributed by atoms with Crippen molar-refractivity contribution in [2.75, 3.05) is 0 Å². The minimum absolute atomic E-state index is 0.173. The Morgan fingerprint density at radius 1 is 1.58 bits per heavy atom. The molecule has 60 valence electrons. The Bertz CT molecular complexity index is 356. The number of phenolic OH excluding ortho intramolecular Hbond substituents is 1.